The van der Waals surface area contributed by atoms with Gasteiger partial charge in [0.25, 0.3) is 0 Å². The van der Waals surface area contributed by atoms with Crippen LogP contribution in [-0.4, -0.2) is 212 Å². The van der Waals surface area contributed by atoms with Crippen LogP contribution in [0, 0.1) is 0 Å². The molecule has 7 unspecified atom stereocenters. The number of rotatable bonds is 14. The molecule has 54 heavy (non-hydrogen) atoms. The second kappa shape index (κ2) is 23.1. The Kier molecular flexibility index (Phi) is 20.5. The Morgan fingerprint density at radius 2 is 1.00 bits per heavy atom. The van der Waals surface area contributed by atoms with Crippen LogP contribution < -0.4 is 0 Å². The lowest BCUT2D eigenvalue weighted by Crippen LogP contribution is -2.62. The van der Waals surface area contributed by atoms with Crippen molar-refractivity contribution in [2.45, 2.75) is 112 Å². The molecule has 0 amide bonds. The maximum absolute atomic E-state index is 11.9. The fourth-order valence-corrected chi connectivity index (χ4v) is 5.01. The minimum Gasteiger partial charge on any atom is -0.459 e. The third-order valence-electron chi connectivity index (χ3n) is 8.27. The number of esters is 2. The third kappa shape index (κ3) is 13.7. The van der Waals surface area contributed by atoms with E-state index in [1.165, 1.54) is 35.4 Å². The summed E-state index contributed by atoms with van der Waals surface area (Å²) in [6.07, 6.45) is -18.8. The average Bonchev–Trinajstić information content (AvgIpc) is 3.98. The van der Waals surface area contributed by atoms with Crippen LogP contribution >= 0.6 is 0 Å². The van der Waals surface area contributed by atoms with Gasteiger partial charge < -0.3 is 93.0 Å². The predicted octanol–water partition coefficient (Wildman–Crippen LogP) is -4.37. The lowest BCUT2D eigenvalue weighted by molar-refractivity contribution is -0.329. The van der Waals surface area contributed by atoms with Gasteiger partial charge in [0, 0.05) is 39.6 Å². The molecular formula is C33H56O21. The Morgan fingerprint density at radius 1 is 0.574 bits per heavy atom. The molecule has 4 saturated heterocycles. The zero-order chi connectivity index (χ0) is 40.9. The Morgan fingerprint density at radius 3 is 1.41 bits per heavy atom. The Balaban J connectivity index is 0.000000343. The van der Waals surface area contributed by atoms with Crippen LogP contribution in [0.3, 0.4) is 0 Å². The molecule has 0 aromatic heterocycles. The molecule has 0 bridgehead atoms. The van der Waals surface area contributed by atoms with E-state index >= 15 is 0 Å². The average molecular weight is 789 g/mol. The predicted molar refractivity (Wildman–Crippen MR) is 178 cm³/mol. The van der Waals surface area contributed by atoms with Crippen LogP contribution in [0.2, 0.25) is 0 Å². The molecule has 0 radical (unpaired) electrons. The first-order chi connectivity index (χ1) is 25.4. The van der Waals surface area contributed by atoms with E-state index in [0.717, 1.165) is 0 Å². The molecule has 0 aromatic carbocycles. The number of methoxy groups -OCH3 is 4. The zero-order valence-corrected chi connectivity index (χ0v) is 31.1. The molecular weight excluding hydrogens is 732 g/mol. The van der Waals surface area contributed by atoms with Gasteiger partial charge in [-0.1, -0.05) is 13.2 Å². The van der Waals surface area contributed by atoms with Crippen molar-refractivity contribution in [2.24, 2.45) is 0 Å². The van der Waals surface area contributed by atoms with Gasteiger partial charge in [-0.2, -0.15) is 0 Å². The minimum absolute atomic E-state index is 0.0681. The number of epoxide rings is 1. The van der Waals surface area contributed by atoms with Crippen LogP contribution in [0.15, 0.2) is 24.3 Å². The van der Waals surface area contributed by atoms with E-state index in [1.54, 1.807) is 6.92 Å². The van der Waals surface area contributed by atoms with E-state index in [4.69, 9.17) is 52.1 Å². The molecule has 21 nitrogen and oxygen atoms in total. The second-order valence-electron chi connectivity index (χ2n) is 12.8. The summed E-state index contributed by atoms with van der Waals surface area (Å²) in [6, 6.07) is 0. The van der Waals surface area contributed by atoms with Gasteiger partial charge >= 0.3 is 11.9 Å². The summed E-state index contributed by atoms with van der Waals surface area (Å²) in [5.74, 6) is -1.16. The minimum atomic E-state index is -1.59. The van der Waals surface area contributed by atoms with Crippen molar-refractivity contribution in [1.82, 2.24) is 0 Å². The highest BCUT2D eigenvalue weighted by Crippen LogP contribution is 2.28. The summed E-state index contributed by atoms with van der Waals surface area (Å²) in [5, 5.41) is 79.1. The van der Waals surface area contributed by atoms with Gasteiger partial charge in [-0.25, -0.2) is 9.59 Å². The number of carbonyl (C=O) groups is 2. The van der Waals surface area contributed by atoms with E-state index in [2.05, 4.69) is 13.2 Å². The molecule has 0 aromatic rings. The molecule has 4 rings (SSSR count). The highest BCUT2D eigenvalue weighted by molar-refractivity contribution is 5.87. The number of aliphatic hydroxyl groups is 8. The van der Waals surface area contributed by atoms with Gasteiger partial charge in [-0.05, 0) is 13.8 Å². The molecule has 8 N–H and O–H groups in total. The van der Waals surface area contributed by atoms with Crippen molar-refractivity contribution in [3.8, 4) is 0 Å². The molecule has 0 aliphatic carbocycles. The van der Waals surface area contributed by atoms with Gasteiger partial charge in [-0.15, -0.1) is 0 Å². The highest BCUT2D eigenvalue weighted by Gasteiger charge is 2.49. The maximum atomic E-state index is 11.9. The van der Waals surface area contributed by atoms with Crippen LogP contribution in [0.5, 0.6) is 0 Å². The fraction of sp³-hybridized carbons (Fsp3) is 0.818. The van der Waals surface area contributed by atoms with Crippen molar-refractivity contribution >= 4 is 11.9 Å². The summed E-state index contributed by atoms with van der Waals surface area (Å²) in [7, 11) is 5.43. The number of hydrogen-bond donors (Lipinski definition) is 8. The van der Waals surface area contributed by atoms with E-state index in [-0.39, 0.29) is 37.5 Å². The number of aliphatic hydroxyl groups excluding tert-OH is 8. The topological polar surface area (TPSA) is 301 Å². The first-order valence-electron chi connectivity index (χ1n) is 16.8. The van der Waals surface area contributed by atoms with Gasteiger partial charge in [-0.3, -0.25) is 0 Å². The lowest BCUT2D eigenvalue weighted by Gasteiger charge is -2.43. The SMILES string of the molecule is C=C(C)C(=O)OCC1CO1.C=C(C)C(=O)O[C@@H]1C(O)[C@@H](OCC2O[C@H](OC)C(O)[C@@H](O)[C@@H]2O)OC(COC)[C@H]1O.COCC1O[C@H](OC)C(O)[C@@H](O)[C@@H]1O. The van der Waals surface area contributed by atoms with E-state index < -0.39 is 98.1 Å². The standard InChI is InChI=1S/C18H30O12.C8H16O6.C7H10O3/c1-7(2)16(24)30-15-11(20)8(5-25-3)29-18(14(15)23)27-6-9-10(19)12(21)13(22)17(26-4)28-9;1-12-3-4-5(9)6(10)7(11)8(13-2)14-4;1-5(2)7(8)10-4-6-3-9-6/h8-15,17-23H,1,5-6H2,2-4H3;4-11H,3H2,1-2H3;6H,1,3-4H2,2H3/t8?,9?,10-,11-,12+,13?,14?,15+,17+,18+;4?,5-,6+,7?,8+;/m11./s1. The lowest BCUT2D eigenvalue weighted by atomic mass is 9.98. The highest BCUT2D eigenvalue weighted by atomic mass is 16.7. The monoisotopic (exact) mass is 788 g/mol. The van der Waals surface area contributed by atoms with Crippen LogP contribution in [0.25, 0.3) is 0 Å². The van der Waals surface area contributed by atoms with E-state index in [0.29, 0.717) is 18.8 Å². The number of hydrogen-bond acceptors (Lipinski definition) is 21. The van der Waals surface area contributed by atoms with E-state index in [1.807, 2.05) is 0 Å². The zero-order valence-electron chi connectivity index (χ0n) is 31.1. The number of carbonyl (C=O) groups excluding carboxylic acids is 2. The molecule has 4 heterocycles. The second-order valence-corrected chi connectivity index (χ2v) is 12.8. The summed E-state index contributed by atoms with van der Waals surface area (Å²) in [5.41, 5.74) is 0.499. The molecule has 0 saturated carbocycles. The normalized spacial score (nSPS) is 38.8. The van der Waals surface area contributed by atoms with Gasteiger partial charge in [0.2, 0.25) is 0 Å². The van der Waals surface area contributed by atoms with Crippen molar-refractivity contribution < 1.29 is 103 Å². The van der Waals surface area contributed by atoms with Crippen molar-refractivity contribution in [3.05, 3.63) is 24.3 Å². The van der Waals surface area contributed by atoms with Crippen LogP contribution in [0.4, 0.5) is 0 Å². The Labute approximate surface area is 312 Å². The van der Waals surface area contributed by atoms with Crippen molar-refractivity contribution in [2.75, 3.05) is 61.5 Å². The summed E-state index contributed by atoms with van der Waals surface area (Å²) < 4.78 is 55.7. The Bertz CT molecular complexity index is 1160. The van der Waals surface area contributed by atoms with Crippen LogP contribution in [0.1, 0.15) is 13.8 Å². The maximum Gasteiger partial charge on any atom is 0.333 e. The molecule has 0 spiro atoms. The Hall–Kier alpha value is -2.26. The molecule has 4 aliphatic heterocycles. The molecule has 4 aliphatic rings. The number of ether oxygens (including phenoxy) is 11. The van der Waals surface area contributed by atoms with E-state index in [9.17, 15) is 50.4 Å². The molecule has 21 heteroatoms. The summed E-state index contributed by atoms with van der Waals surface area (Å²) >= 11 is 0. The first kappa shape index (κ1) is 47.9. The van der Waals surface area contributed by atoms with Crippen LogP contribution in [-0.2, 0) is 61.7 Å². The molecule has 314 valence electrons. The molecule has 4 fully saturated rings. The van der Waals surface area contributed by atoms with Gasteiger partial charge in [0.05, 0.1) is 26.4 Å². The van der Waals surface area contributed by atoms with Gasteiger partial charge in [0.1, 0.15) is 79.9 Å². The smallest absolute Gasteiger partial charge is 0.333 e. The summed E-state index contributed by atoms with van der Waals surface area (Å²) in [4.78, 5) is 22.6. The van der Waals surface area contributed by atoms with Gasteiger partial charge in [0.15, 0.2) is 25.0 Å². The summed E-state index contributed by atoms with van der Waals surface area (Å²) in [6.45, 7) is 10.7. The van der Waals surface area contributed by atoms with Crippen molar-refractivity contribution in [3.63, 3.8) is 0 Å². The van der Waals surface area contributed by atoms with Crippen molar-refractivity contribution in [1.29, 1.82) is 0 Å². The molecule has 16 atom stereocenters. The third-order valence-corrected chi connectivity index (χ3v) is 8.27. The fourth-order valence-electron chi connectivity index (χ4n) is 5.01. The quantitative estimate of drug-likeness (QED) is 0.0468. The largest absolute Gasteiger partial charge is 0.459 e. The first-order valence-corrected chi connectivity index (χ1v) is 16.8.